The lowest BCUT2D eigenvalue weighted by atomic mass is 9.74. The van der Waals surface area contributed by atoms with Crippen molar-refractivity contribution in [2.24, 2.45) is 5.41 Å². The monoisotopic (exact) mass is 428 g/mol. The first-order valence-corrected chi connectivity index (χ1v) is 11.5. The number of amides is 1. The van der Waals surface area contributed by atoms with E-state index in [4.69, 9.17) is 0 Å². The fourth-order valence-electron chi connectivity index (χ4n) is 4.69. The number of aromatic nitrogens is 2. The Morgan fingerprint density at radius 1 is 1.00 bits per heavy atom. The molecule has 166 valence electrons. The molecule has 1 saturated heterocycles. The van der Waals surface area contributed by atoms with E-state index in [1.54, 1.807) is 6.20 Å². The summed E-state index contributed by atoms with van der Waals surface area (Å²) in [6, 6.07) is 16.9. The van der Waals surface area contributed by atoms with E-state index < -0.39 is 5.41 Å². The smallest absolute Gasteiger partial charge is 0.228 e. The Bertz CT molecular complexity index is 1000. The van der Waals surface area contributed by atoms with Crippen LogP contribution < -0.4 is 5.32 Å². The summed E-state index contributed by atoms with van der Waals surface area (Å²) in [6.45, 7) is 6.65. The van der Waals surface area contributed by atoms with E-state index in [0.29, 0.717) is 0 Å². The van der Waals surface area contributed by atoms with Gasteiger partial charge in [0.2, 0.25) is 5.91 Å². The van der Waals surface area contributed by atoms with Gasteiger partial charge in [0.15, 0.2) is 0 Å². The average Bonchev–Trinajstić information content (AvgIpc) is 2.81. The summed E-state index contributed by atoms with van der Waals surface area (Å²) < 4.78 is 0. The van der Waals surface area contributed by atoms with Gasteiger partial charge in [0.25, 0.3) is 0 Å². The van der Waals surface area contributed by atoms with Gasteiger partial charge in [-0.3, -0.25) is 19.7 Å². The number of carbonyl (C=O) groups excluding carboxylic acids is 1. The van der Waals surface area contributed by atoms with E-state index in [0.717, 1.165) is 44.5 Å². The Morgan fingerprint density at radius 3 is 2.44 bits per heavy atom. The maximum Gasteiger partial charge on any atom is 0.228 e. The molecule has 2 aromatic heterocycles. The molecule has 0 unspecified atom stereocenters. The molecule has 1 atom stereocenters. The highest BCUT2D eigenvalue weighted by Gasteiger charge is 2.42. The van der Waals surface area contributed by atoms with Crippen LogP contribution in [-0.2, 0) is 17.8 Å². The van der Waals surface area contributed by atoms with Crippen molar-refractivity contribution in [1.29, 1.82) is 0 Å². The number of piperidine rings is 1. The molecular formula is C27H32N4O. The largest absolute Gasteiger partial charge is 0.353 e. The topological polar surface area (TPSA) is 58.1 Å². The fraction of sp³-hybridized carbons (Fsp3) is 0.370. The van der Waals surface area contributed by atoms with Crippen LogP contribution in [0.15, 0.2) is 73.3 Å². The van der Waals surface area contributed by atoms with Crippen LogP contribution in [0.25, 0.3) is 11.1 Å². The Hall–Kier alpha value is -3.05. The second-order valence-electron chi connectivity index (χ2n) is 9.19. The van der Waals surface area contributed by atoms with E-state index in [1.165, 1.54) is 16.7 Å². The number of nitrogens with one attached hydrogen (secondary N) is 1. The molecule has 0 bridgehead atoms. The quantitative estimate of drug-likeness (QED) is 0.602. The molecule has 0 aliphatic carbocycles. The molecule has 0 spiro atoms. The van der Waals surface area contributed by atoms with Crippen LogP contribution in [0, 0.1) is 5.41 Å². The van der Waals surface area contributed by atoms with Crippen LogP contribution in [0.2, 0.25) is 0 Å². The van der Waals surface area contributed by atoms with Gasteiger partial charge in [-0.05, 0) is 80.1 Å². The van der Waals surface area contributed by atoms with Crippen molar-refractivity contribution >= 4 is 5.91 Å². The van der Waals surface area contributed by atoms with Gasteiger partial charge < -0.3 is 5.32 Å². The standard InChI is InChI=1S/C27H32N4O/c1-21(2)30-26(32)27(12-4-16-31(20-27)19-23-5-3-13-29-18-23)17-22-6-8-24(9-7-22)25-10-14-28-15-11-25/h3,5-11,13-15,18,21H,4,12,16-17,19-20H2,1-2H3,(H,30,32)/t27-/m1/s1. The molecule has 3 heterocycles. The third-order valence-electron chi connectivity index (χ3n) is 6.20. The molecule has 4 rings (SSSR count). The predicted molar refractivity (Wildman–Crippen MR) is 128 cm³/mol. The molecule has 1 fully saturated rings. The average molecular weight is 429 g/mol. The van der Waals surface area contributed by atoms with Crippen molar-refractivity contribution in [2.75, 3.05) is 13.1 Å². The lowest BCUT2D eigenvalue weighted by Gasteiger charge is -2.42. The third-order valence-corrected chi connectivity index (χ3v) is 6.20. The van der Waals surface area contributed by atoms with Gasteiger partial charge in [0, 0.05) is 43.9 Å². The second kappa shape index (κ2) is 10.0. The zero-order chi connectivity index (χ0) is 22.4. The number of benzene rings is 1. The normalized spacial score (nSPS) is 19.1. The SMILES string of the molecule is CC(C)NC(=O)[C@@]1(Cc2ccc(-c3ccncc3)cc2)CCCN(Cc2cccnc2)C1. The fourth-order valence-corrected chi connectivity index (χ4v) is 4.69. The minimum absolute atomic E-state index is 0.127. The number of carbonyl (C=O) groups is 1. The summed E-state index contributed by atoms with van der Waals surface area (Å²) in [4.78, 5) is 24.2. The molecule has 32 heavy (non-hydrogen) atoms. The summed E-state index contributed by atoms with van der Waals surface area (Å²) in [5.41, 5.74) is 4.28. The summed E-state index contributed by atoms with van der Waals surface area (Å²) in [7, 11) is 0. The summed E-state index contributed by atoms with van der Waals surface area (Å²) >= 11 is 0. The Morgan fingerprint density at radius 2 is 1.75 bits per heavy atom. The van der Waals surface area contributed by atoms with E-state index in [9.17, 15) is 4.79 Å². The van der Waals surface area contributed by atoms with Crippen molar-refractivity contribution in [2.45, 2.75) is 45.7 Å². The minimum atomic E-state index is -0.428. The molecule has 0 radical (unpaired) electrons. The van der Waals surface area contributed by atoms with Crippen LogP contribution >= 0.6 is 0 Å². The van der Waals surface area contributed by atoms with Gasteiger partial charge in [-0.25, -0.2) is 0 Å². The first-order valence-electron chi connectivity index (χ1n) is 11.5. The molecule has 5 nitrogen and oxygen atoms in total. The van der Waals surface area contributed by atoms with Gasteiger partial charge >= 0.3 is 0 Å². The number of hydrogen-bond donors (Lipinski definition) is 1. The zero-order valence-electron chi connectivity index (χ0n) is 19.0. The number of nitrogens with zero attached hydrogens (tertiary/aromatic N) is 3. The first-order chi connectivity index (χ1) is 15.5. The minimum Gasteiger partial charge on any atom is -0.353 e. The highest BCUT2D eigenvalue weighted by Crippen LogP contribution is 2.35. The van der Waals surface area contributed by atoms with Crippen LogP contribution in [0.1, 0.15) is 37.8 Å². The maximum absolute atomic E-state index is 13.5. The van der Waals surface area contributed by atoms with Crippen molar-refractivity contribution < 1.29 is 4.79 Å². The van der Waals surface area contributed by atoms with Gasteiger partial charge in [-0.2, -0.15) is 0 Å². The summed E-state index contributed by atoms with van der Waals surface area (Å²) in [5, 5.41) is 3.21. The zero-order valence-corrected chi connectivity index (χ0v) is 19.0. The summed E-state index contributed by atoms with van der Waals surface area (Å²) in [6.07, 6.45) is 10.0. The molecule has 3 aromatic rings. The first kappa shape index (κ1) is 22.2. The van der Waals surface area contributed by atoms with Crippen LogP contribution in [0.4, 0.5) is 0 Å². The number of pyridine rings is 2. The Balaban J connectivity index is 1.55. The second-order valence-corrected chi connectivity index (χ2v) is 9.19. The lowest BCUT2D eigenvalue weighted by Crippen LogP contribution is -2.54. The van der Waals surface area contributed by atoms with E-state index >= 15 is 0 Å². The van der Waals surface area contributed by atoms with Crippen molar-refractivity contribution in [3.8, 4) is 11.1 Å². The van der Waals surface area contributed by atoms with Crippen LogP contribution in [-0.4, -0.2) is 39.9 Å². The molecule has 1 amide bonds. The van der Waals surface area contributed by atoms with Gasteiger partial charge in [-0.15, -0.1) is 0 Å². The maximum atomic E-state index is 13.5. The molecule has 0 saturated carbocycles. The molecule has 1 aromatic carbocycles. The summed E-state index contributed by atoms with van der Waals surface area (Å²) in [5.74, 6) is 0.168. The Labute approximate surface area is 190 Å². The predicted octanol–water partition coefficient (Wildman–Crippen LogP) is 4.49. The van der Waals surface area contributed by atoms with E-state index in [1.807, 2.05) is 50.6 Å². The highest BCUT2D eigenvalue weighted by molar-refractivity contribution is 5.83. The van der Waals surface area contributed by atoms with Crippen molar-refractivity contribution in [3.05, 3.63) is 84.4 Å². The van der Waals surface area contributed by atoms with E-state index in [-0.39, 0.29) is 11.9 Å². The molecule has 1 N–H and O–H groups in total. The molecule has 5 heteroatoms. The lowest BCUT2D eigenvalue weighted by molar-refractivity contribution is -0.135. The third kappa shape index (κ3) is 5.40. The van der Waals surface area contributed by atoms with Crippen molar-refractivity contribution in [3.63, 3.8) is 0 Å². The van der Waals surface area contributed by atoms with Crippen molar-refractivity contribution in [1.82, 2.24) is 20.2 Å². The number of likely N-dealkylation sites (tertiary alicyclic amines) is 1. The van der Waals surface area contributed by atoms with Gasteiger partial charge in [-0.1, -0.05) is 30.3 Å². The number of rotatable bonds is 7. The Kier molecular flexibility index (Phi) is 6.96. The van der Waals surface area contributed by atoms with Crippen LogP contribution in [0.5, 0.6) is 0 Å². The van der Waals surface area contributed by atoms with Gasteiger partial charge in [0.1, 0.15) is 0 Å². The molecule has 1 aliphatic rings. The van der Waals surface area contributed by atoms with Gasteiger partial charge in [0.05, 0.1) is 5.41 Å². The van der Waals surface area contributed by atoms with Crippen LogP contribution in [0.3, 0.4) is 0 Å². The van der Waals surface area contributed by atoms with E-state index in [2.05, 4.69) is 50.5 Å². The molecule has 1 aliphatic heterocycles. The molecular weight excluding hydrogens is 396 g/mol. The highest BCUT2D eigenvalue weighted by atomic mass is 16.2. The number of hydrogen-bond acceptors (Lipinski definition) is 4.